The number of ether oxygens (including phenoxy) is 2. The van der Waals surface area contributed by atoms with Crippen molar-refractivity contribution in [2.75, 3.05) is 0 Å². The molecule has 0 aliphatic heterocycles. The zero-order valence-corrected chi connectivity index (χ0v) is 14.4. The fourth-order valence-electron chi connectivity index (χ4n) is 2.19. The average molecular weight is 357 g/mol. The first kappa shape index (κ1) is 17.1. The van der Waals surface area contributed by atoms with Gasteiger partial charge >= 0.3 is 5.97 Å². The van der Waals surface area contributed by atoms with Crippen LogP contribution in [0.1, 0.15) is 26.6 Å². The fraction of sp³-hybridized carbons (Fsp3) is 0.158. The highest BCUT2D eigenvalue weighted by molar-refractivity contribution is 7.09. The summed E-state index contributed by atoms with van der Waals surface area (Å²) in [6, 6.07) is 12.9. The SMILES string of the molecule is Cc1nc(COc2cccc(C(=O)OCc3ccccc3F)c2)cs1. The van der Waals surface area contributed by atoms with Gasteiger partial charge in [0.1, 0.15) is 24.8 Å². The largest absolute Gasteiger partial charge is 0.487 e. The first-order valence-electron chi connectivity index (χ1n) is 7.66. The van der Waals surface area contributed by atoms with Gasteiger partial charge in [-0.15, -0.1) is 11.3 Å². The van der Waals surface area contributed by atoms with Gasteiger partial charge in [-0.3, -0.25) is 0 Å². The molecule has 0 amide bonds. The lowest BCUT2D eigenvalue weighted by atomic mass is 10.2. The van der Waals surface area contributed by atoms with Gasteiger partial charge in [-0.25, -0.2) is 14.2 Å². The third kappa shape index (κ3) is 4.64. The second-order valence-corrected chi connectivity index (χ2v) is 6.40. The van der Waals surface area contributed by atoms with Gasteiger partial charge in [-0.1, -0.05) is 24.3 Å². The maximum absolute atomic E-state index is 13.6. The maximum atomic E-state index is 13.6. The minimum absolute atomic E-state index is 0.116. The predicted molar refractivity (Wildman–Crippen MR) is 93.1 cm³/mol. The van der Waals surface area contributed by atoms with Gasteiger partial charge in [-0.2, -0.15) is 0 Å². The van der Waals surface area contributed by atoms with Crippen LogP contribution in [-0.4, -0.2) is 11.0 Å². The van der Waals surface area contributed by atoms with E-state index in [0.29, 0.717) is 23.5 Å². The van der Waals surface area contributed by atoms with E-state index in [2.05, 4.69) is 4.98 Å². The molecule has 3 aromatic rings. The lowest BCUT2D eigenvalue weighted by molar-refractivity contribution is 0.0468. The third-order valence-corrected chi connectivity index (χ3v) is 4.26. The fourth-order valence-corrected chi connectivity index (χ4v) is 2.78. The molecular weight excluding hydrogens is 341 g/mol. The van der Waals surface area contributed by atoms with Crippen molar-refractivity contribution < 1.29 is 18.7 Å². The van der Waals surface area contributed by atoms with Crippen molar-refractivity contribution in [3.05, 3.63) is 81.6 Å². The molecule has 1 aromatic heterocycles. The van der Waals surface area contributed by atoms with E-state index in [1.807, 2.05) is 12.3 Å². The molecule has 128 valence electrons. The lowest BCUT2D eigenvalue weighted by Gasteiger charge is -2.08. The molecule has 0 N–H and O–H groups in total. The molecule has 6 heteroatoms. The van der Waals surface area contributed by atoms with E-state index >= 15 is 0 Å². The van der Waals surface area contributed by atoms with Crippen LogP contribution in [0.5, 0.6) is 5.75 Å². The van der Waals surface area contributed by atoms with Crippen LogP contribution in [0.25, 0.3) is 0 Å². The summed E-state index contributed by atoms with van der Waals surface area (Å²) in [5.41, 5.74) is 1.53. The Bertz CT molecular complexity index is 878. The number of nitrogens with zero attached hydrogens (tertiary/aromatic N) is 1. The average Bonchev–Trinajstić information content (AvgIpc) is 3.04. The van der Waals surface area contributed by atoms with Crippen LogP contribution < -0.4 is 4.74 Å². The summed E-state index contributed by atoms with van der Waals surface area (Å²) in [5.74, 6) is -0.379. The standard InChI is InChI=1S/C19H16FNO3S/c1-13-21-16(12-25-13)11-23-17-7-4-6-14(9-17)19(22)24-10-15-5-2-3-8-18(15)20/h2-9,12H,10-11H2,1H3. The number of rotatable bonds is 6. The van der Waals surface area contributed by atoms with Crippen molar-refractivity contribution in [3.8, 4) is 5.75 Å². The van der Waals surface area contributed by atoms with E-state index in [1.54, 1.807) is 53.8 Å². The Morgan fingerprint density at radius 2 is 2.00 bits per heavy atom. The number of aromatic nitrogens is 1. The number of hydrogen-bond donors (Lipinski definition) is 0. The highest BCUT2D eigenvalue weighted by Crippen LogP contribution is 2.18. The molecule has 0 saturated carbocycles. The van der Waals surface area contributed by atoms with Crippen molar-refractivity contribution in [2.24, 2.45) is 0 Å². The van der Waals surface area contributed by atoms with Crippen LogP contribution in [0, 0.1) is 12.7 Å². The second kappa shape index (κ2) is 7.90. The number of thiazole rings is 1. The van der Waals surface area contributed by atoms with Crippen LogP contribution in [0.2, 0.25) is 0 Å². The summed E-state index contributed by atoms with van der Waals surface area (Å²) < 4.78 is 24.4. The van der Waals surface area contributed by atoms with Crippen molar-refractivity contribution in [1.29, 1.82) is 0 Å². The molecule has 25 heavy (non-hydrogen) atoms. The van der Waals surface area contributed by atoms with E-state index in [4.69, 9.17) is 9.47 Å². The molecule has 4 nitrogen and oxygen atoms in total. The maximum Gasteiger partial charge on any atom is 0.338 e. The third-order valence-electron chi connectivity index (χ3n) is 3.44. The molecule has 0 atom stereocenters. The zero-order chi connectivity index (χ0) is 17.6. The Morgan fingerprint density at radius 1 is 1.16 bits per heavy atom. The summed E-state index contributed by atoms with van der Waals surface area (Å²) in [5, 5.41) is 2.91. The number of carbonyl (C=O) groups is 1. The summed E-state index contributed by atoms with van der Waals surface area (Å²) in [6.45, 7) is 2.15. The van der Waals surface area contributed by atoms with E-state index in [1.165, 1.54) is 6.07 Å². The molecule has 0 aliphatic rings. The molecular formula is C19H16FNO3S. The highest BCUT2D eigenvalue weighted by Gasteiger charge is 2.10. The number of carbonyl (C=O) groups excluding carboxylic acids is 1. The molecule has 2 aromatic carbocycles. The minimum Gasteiger partial charge on any atom is -0.487 e. The summed E-state index contributed by atoms with van der Waals surface area (Å²) in [7, 11) is 0. The van der Waals surface area contributed by atoms with Gasteiger partial charge in [0.15, 0.2) is 0 Å². The summed E-state index contributed by atoms with van der Waals surface area (Å²) >= 11 is 1.56. The van der Waals surface area contributed by atoms with Crippen molar-refractivity contribution in [3.63, 3.8) is 0 Å². The first-order valence-corrected chi connectivity index (χ1v) is 8.54. The van der Waals surface area contributed by atoms with Gasteiger partial charge in [-0.05, 0) is 31.2 Å². The van der Waals surface area contributed by atoms with Crippen LogP contribution in [0.15, 0.2) is 53.9 Å². The van der Waals surface area contributed by atoms with E-state index in [-0.39, 0.29) is 6.61 Å². The smallest absolute Gasteiger partial charge is 0.338 e. The normalized spacial score (nSPS) is 10.5. The van der Waals surface area contributed by atoms with E-state index in [0.717, 1.165) is 10.7 Å². The topological polar surface area (TPSA) is 48.4 Å². The van der Waals surface area contributed by atoms with Crippen LogP contribution in [-0.2, 0) is 18.0 Å². The van der Waals surface area contributed by atoms with Crippen molar-refractivity contribution >= 4 is 17.3 Å². The van der Waals surface area contributed by atoms with Crippen molar-refractivity contribution in [2.45, 2.75) is 20.1 Å². The molecule has 0 radical (unpaired) electrons. The monoisotopic (exact) mass is 357 g/mol. The molecule has 0 fully saturated rings. The molecule has 0 aliphatic carbocycles. The molecule has 1 heterocycles. The highest BCUT2D eigenvalue weighted by atomic mass is 32.1. The summed E-state index contributed by atoms with van der Waals surface area (Å²) in [4.78, 5) is 16.5. The van der Waals surface area contributed by atoms with Gasteiger partial charge in [0, 0.05) is 10.9 Å². The number of aryl methyl sites for hydroxylation is 1. The van der Waals surface area contributed by atoms with Crippen molar-refractivity contribution in [1.82, 2.24) is 4.98 Å². The molecule has 0 unspecified atom stereocenters. The van der Waals surface area contributed by atoms with E-state index < -0.39 is 11.8 Å². The van der Waals surface area contributed by atoms with Gasteiger partial charge in [0.25, 0.3) is 0 Å². The Kier molecular flexibility index (Phi) is 5.40. The van der Waals surface area contributed by atoms with Gasteiger partial charge < -0.3 is 9.47 Å². The second-order valence-electron chi connectivity index (χ2n) is 5.34. The minimum atomic E-state index is -0.529. The number of hydrogen-bond acceptors (Lipinski definition) is 5. The molecule has 0 spiro atoms. The molecule has 0 saturated heterocycles. The summed E-state index contributed by atoms with van der Waals surface area (Å²) in [6.07, 6.45) is 0. The van der Waals surface area contributed by atoms with E-state index in [9.17, 15) is 9.18 Å². The lowest BCUT2D eigenvalue weighted by Crippen LogP contribution is -2.06. The Hall–Kier alpha value is -2.73. The van der Waals surface area contributed by atoms with Crippen LogP contribution in [0.3, 0.4) is 0 Å². The zero-order valence-electron chi connectivity index (χ0n) is 13.6. The van der Waals surface area contributed by atoms with Gasteiger partial charge in [0.05, 0.1) is 16.3 Å². The molecule has 0 bridgehead atoms. The Morgan fingerprint density at radius 3 is 2.76 bits per heavy atom. The number of esters is 1. The van der Waals surface area contributed by atoms with Crippen LogP contribution in [0.4, 0.5) is 4.39 Å². The molecule has 3 rings (SSSR count). The predicted octanol–water partition coefficient (Wildman–Crippen LogP) is 4.53. The van der Waals surface area contributed by atoms with Gasteiger partial charge in [0.2, 0.25) is 0 Å². The number of halogens is 1. The Labute approximate surface area is 148 Å². The van der Waals surface area contributed by atoms with Crippen LogP contribution >= 0.6 is 11.3 Å². The number of benzene rings is 2. The first-order chi connectivity index (χ1) is 12.1. The quantitative estimate of drug-likeness (QED) is 0.608. The Balaban J connectivity index is 1.60.